The van der Waals surface area contributed by atoms with E-state index in [1.54, 1.807) is 24.3 Å². The summed E-state index contributed by atoms with van der Waals surface area (Å²) in [5, 5.41) is 9.94. The largest absolute Gasteiger partial charge is 0.508 e. The zero-order valence-corrected chi connectivity index (χ0v) is 10.7. The zero-order valence-electron chi connectivity index (χ0n) is 10.7. The van der Waals surface area contributed by atoms with Crippen molar-refractivity contribution in [2.24, 2.45) is 0 Å². The molecule has 1 aliphatic rings. The van der Waals surface area contributed by atoms with Crippen LogP contribution in [0.2, 0.25) is 0 Å². The van der Waals surface area contributed by atoms with E-state index in [0.29, 0.717) is 6.42 Å². The summed E-state index contributed by atoms with van der Waals surface area (Å²) in [6.45, 7) is 0. The average Bonchev–Trinajstić information content (AvgIpc) is 2.43. The Balaban J connectivity index is 1.95. The Hall–Kier alpha value is -2.36. The van der Waals surface area contributed by atoms with Crippen LogP contribution in [0.3, 0.4) is 0 Å². The van der Waals surface area contributed by atoms with E-state index in [4.69, 9.17) is 0 Å². The van der Waals surface area contributed by atoms with E-state index in [-0.39, 0.29) is 23.7 Å². The number of halogens is 1. The first-order valence-electron chi connectivity index (χ1n) is 6.48. The van der Waals surface area contributed by atoms with E-state index in [9.17, 15) is 14.3 Å². The Bertz CT molecular complexity index is 627. The molecule has 0 saturated carbocycles. The van der Waals surface area contributed by atoms with Gasteiger partial charge in [0.25, 0.3) is 0 Å². The molecular weight excluding hydrogens is 257 g/mol. The lowest BCUT2D eigenvalue weighted by atomic mass is 9.86. The Morgan fingerprint density at radius 3 is 2.50 bits per heavy atom. The van der Waals surface area contributed by atoms with Crippen molar-refractivity contribution in [1.82, 2.24) is 0 Å². The molecule has 0 aromatic heterocycles. The molecule has 1 aliphatic heterocycles. The minimum absolute atomic E-state index is 0.0585. The quantitative estimate of drug-likeness (QED) is 0.872. The molecule has 20 heavy (non-hydrogen) atoms. The van der Waals surface area contributed by atoms with Crippen molar-refractivity contribution in [2.45, 2.75) is 18.5 Å². The number of rotatable bonds is 3. The summed E-state index contributed by atoms with van der Waals surface area (Å²) in [4.78, 5) is 13.0. The molecule has 1 unspecified atom stereocenters. The van der Waals surface area contributed by atoms with Gasteiger partial charge in [-0.3, -0.25) is 0 Å². The Morgan fingerprint density at radius 2 is 1.85 bits per heavy atom. The summed E-state index contributed by atoms with van der Waals surface area (Å²) >= 11 is 0. The summed E-state index contributed by atoms with van der Waals surface area (Å²) in [7, 11) is 0. The second-order valence-corrected chi connectivity index (χ2v) is 4.90. The number of aromatic hydroxyl groups is 1. The van der Waals surface area contributed by atoms with Crippen LogP contribution < -0.4 is 4.90 Å². The van der Waals surface area contributed by atoms with Crippen LogP contribution in [0.5, 0.6) is 5.75 Å². The molecule has 2 atom stereocenters. The third kappa shape index (κ3) is 2.03. The van der Waals surface area contributed by atoms with Gasteiger partial charge in [0.15, 0.2) is 0 Å². The number of phenols is 1. The SMILES string of the molecule is O=CC1C[C@@H](c2ccccc2O)N1c1ccc(F)cc1. The molecule has 1 saturated heterocycles. The second-order valence-electron chi connectivity index (χ2n) is 4.90. The fraction of sp³-hybridized carbons (Fsp3) is 0.188. The first-order chi connectivity index (χ1) is 9.70. The smallest absolute Gasteiger partial charge is 0.142 e. The fourth-order valence-electron chi connectivity index (χ4n) is 2.70. The predicted molar refractivity (Wildman–Crippen MR) is 74.2 cm³/mol. The maximum atomic E-state index is 13.0. The number of carbonyl (C=O) groups is 1. The second kappa shape index (κ2) is 4.96. The van der Waals surface area contributed by atoms with Crippen molar-refractivity contribution in [3.05, 3.63) is 59.9 Å². The topological polar surface area (TPSA) is 40.5 Å². The minimum Gasteiger partial charge on any atom is -0.508 e. The first-order valence-corrected chi connectivity index (χ1v) is 6.48. The minimum atomic E-state index is -0.309. The zero-order chi connectivity index (χ0) is 14.1. The predicted octanol–water partition coefficient (Wildman–Crippen LogP) is 3.05. The van der Waals surface area contributed by atoms with Crippen molar-refractivity contribution in [3.8, 4) is 5.75 Å². The highest BCUT2D eigenvalue weighted by Crippen LogP contribution is 2.44. The van der Waals surface area contributed by atoms with Crippen LogP contribution in [0.1, 0.15) is 18.0 Å². The summed E-state index contributed by atoms with van der Waals surface area (Å²) in [6, 6.07) is 12.8. The van der Waals surface area contributed by atoms with Crippen molar-refractivity contribution in [3.63, 3.8) is 0 Å². The van der Waals surface area contributed by atoms with Crippen LogP contribution in [-0.2, 0) is 4.79 Å². The molecule has 1 N–H and O–H groups in total. The highest BCUT2D eigenvalue weighted by atomic mass is 19.1. The molecule has 3 rings (SSSR count). The Kier molecular flexibility index (Phi) is 3.14. The lowest BCUT2D eigenvalue weighted by Crippen LogP contribution is -2.51. The van der Waals surface area contributed by atoms with Crippen LogP contribution >= 0.6 is 0 Å². The number of carbonyl (C=O) groups excluding carboxylic acids is 1. The molecule has 1 heterocycles. The number of nitrogens with zero attached hydrogens (tertiary/aromatic N) is 1. The van der Waals surface area contributed by atoms with Crippen LogP contribution in [0, 0.1) is 5.82 Å². The monoisotopic (exact) mass is 271 g/mol. The molecule has 2 aromatic carbocycles. The number of aldehydes is 1. The van der Waals surface area contributed by atoms with Crippen LogP contribution in [0.4, 0.5) is 10.1 Å². The van der Waals surface area contributed by atoms with Crippen molar-refractivity contribution < 1.29 is 14.3 Å². The van der Waals surface area contributed by atoms with Crippen LogP contribution in [0.25, 0.3) is 0 Å². The maximum Gasteiger partial charge on any atom is 0.142 e. The molecule has 0 bridgehead atoms. The Labute approximate surface area is 116 Å². The maximum absolute atomic E-state index is 13.0. The summed E-state index contributed by atoms with van der Waals surface area (Å²) in [5.74, 6) is -0.0926. The average molecular weight is 271 g/mol. The molecule has 0 spiro atoms. The van der Waals surface area contributed by atoms with Crippen molar-refractivity contribution in [1.29, 1.82) is 0 Å². The third-order valence-corrected chi connectivity index (χ3v) is 3.74. The summed E-state index contributed by atoms with van der Waals surface area (Å²) in [5.41, 5.74) is 1.57. The van der Waals surface area contributed by atoms with E-state index in [2.05, 4.69) is 0 Å². The van der Waals surface area contributed by atoms with Gasteiger partial charge < -0.3 is 14.8 Å². The van der Waals surface area contributed by atoms with E-state index in [1.807, 2.05) is 17.0 Å². The number of hydrogen-bond donors (Lipinski definition) is 1. The third-order valence-electron chi connectivity index (χ3n) is 3.74. The first kappa shape index (κ1) is 12.7. The van der Waals surface area contributed by atoms with Gasteiger partial charge >= 0.3 is 0 Å². The number of benzene rings is 2. The van der Waals surface area contributed by atoms with Crippen LogP contribution in [-0.4, -0.2) is 17.4 Å². The molecule has 0 amide bonds. The molecule has 1 fully saturated rings. The number of para-hydroxylation sites is 1. The van der Waals surface area contributed by atoms with E-state index < -0.39 is 0 Å². The molecule has 2 aromatic rings. The summed E-state index contributed by atoms with van der Waals surface area (Å²) in [6.07, 6.45) is 1.54. The fourth-order valence-corrected chi connectivity index (χ4v) is 2.70. The standard InChI is InChI=1S/C16H14FNO2/c17-11-5-7-12(8-6-11)18-13(10-19)9-15(18)14-3-1-2-4-16(14)20/h1-8,10,13,15,20H,9H2/t13?,15-/m0/s1. The number of hydrogen-bond acceptors (Lipinski definition) is 3. The van der Waals surface area contributed by atoms with E-state index in [1.165, 1.54) is 12.1 Å². The number of phenolic OH excluding ortho intramolecular Hbond substituents is 1. The molecule has 102 valence electrons. The highest BCUT2D eigenvalue weighted by Gasteiger charge is 2.40. The molecular formula is C16H14FNO2. The lowest BCUT2D eigenvalue weighted by molar-refractivity contribution is -0.110. The van der Waals surface area contributed by atoms with Crippen molar-refractivity contribution >= 4 is 12.0 Å². The molecule has 0 radical (unpaired) electrons. The highest BCUT2D eigenvalue weighted by molar-refractivity contribution is 5.71. The van der Waals surface area contributed by atoms with Gasteiger partial charge in [-0.25, -0.2) is 4.39 Å². The van der Waals surface area contributed by atoms with Gasteiger partial charge in [0.05, 0.1) is 12.1 Å². The van der Waals surface area contributed by atoms with Gasteiger partial charge in [0.2, 0.25) is 0 Å². The normalized spacial score (nSPS) is 21.4. The van der Waals surface area contributed by atoms with Gasteiger partial charge in [-0.15, -0.1) is 0 Å². The van der Waals surface area contributed by atoms with Gasteiger partial charge in [-0.05, 0) is 36.8 Å². The molecule has 0 aliphatic carbocycles. The lowest BCUT2D eigenvalue weighted by Gasteiger charge is -2.48. The van der Waals surface area contributed by atoms with Crippen molar-refractivity contribution in [2.75, 3.05) is 4.90 Å². The summed E-state index contributed by atoms with van der Waals surface area (Å²) < 4.78 is 13.0. The molecule has 3 nitrogen and oxygen atoms in total. The van der Waals surface area contributed by atoms with Gasteiger partial charge in [0, 0.05) is 11.3 Å². The van der Waals surface area contributed by atoms with Gasteiger partial charge in [0.1, 0.15) is 17.9 Å². The van der Waals surface area contributed by atoms with Gasteiger partial charge in [-0.2, -0.15) is 0 Å². The van der Waals surface area contributed by atoms with E-state index >= 15 is 0 Å². The van der Waals surface area contributed by atoms with E-state index in [0.717, 1.165) is 17.5 Å². The van der Waals surface area contributed by atoms with Gasteiger partial charge in [-0.1, -0.05) is 18.2 Å². The van der Waals surface area contributed by atoms with Crippen LogP contribution in [0.15, 0.2) is 48.5 Å². The molecule has 4 heteroatoms. The number of anilines is 1. The Morgan fingerprint density at radius 1 is 1.15 bits per heavy atom.